The van der Waals surface area contributed by atoms with Crippen molar-refractivity contribution in [2.45, 2.75) is 156 Å². The third-order valence-corrected chi connectivity index (χ3v) is 16.6. The Hall–Kier alpha value is -1.26. The number of fused-ring (bicyclic) bond motifs is 4. The van der Waals surface area contributed by atoms with Gasteiger partial charge in [-0.15, -0.1) is 0 Å². The molecule has 0 aromatic rings. The first-order valence-electron chi connectivity index (χ1n) is 19.6. The molecule has 9 heteroatoms. The predicted molar refractivity (Wildman–Crippen MR) is 182 cm³/mol. The minimum absolute atomic E-state index is 0.0284. The van der Waals surface area contributed by atoms with Crippen molar-refractivity contribution in [2.24, 2.45) is 50.2 Å². The molecule has 3 aliphatic heterocycles. The zero-order valence-corrected chi connectivity index (χ0v) is 31.5. The molecule has 4 unspecified atom stereocenters. The number of aliphatic hydroxyl groups is 1. The molecule has 8 fully saturated rings. The Labute approximate surface area is 293 Å². The van der Waals surface area contributed by atoms with Crippen molar-refractivity contribution in [2.75, 3.05) is 32.9 Å². The third kappa shape index (κ3) is 4.86. The number of nitrogens with zero attached hydrogens (tertiary/aromatic N) is 1. The van der Waals surface area contributed by atoms with Crippen LogP contribution in [0.5, 0.6) is 0 Å². The molecule has 9 nitrogen and oxygen atoms in total. The number of amides is 1. The smallest absolute Gasteiger partial charge is 0.303 e. The third-order valence-electron chi connectivity index (χ3n) is 16.6. The van der Waals surface area contributed by atoms with Gasteiger partial charge in [-0.25, -0.2) is 0 Å². The van der Waals surface area contributed by atoms with Crippen molar-refractivity contribution in [1.29, 1.82) is 0 Å². The molecule has 0 radical (unpaired) electrons. The molecule has 8 aliphatic rings. The lowest BCUT2D eigenvalue weighted by atomic mass is 9.42. The molecule has 276 valence electrons. The molecular formula is C40H63NO8. The van der Waals surface area contributed by atoms with Gasteiger partial charge in [-0.05, 0) is 130 Å². The van der Waals surface area contributed by atoms with E-state index in [4.69, 9.17) is 23.7 Å². The van der Waals surface area contributed by atoms with Crippen molar-refractivity contribution in [3.8, 4) is 0 Å². The lowest BCUT2D eigenvalue weighted by molar-refractivity contribution is -0.249. The van der Waals surface area contributed by atoms with Crippen molar-refractivity contribution in [3.05, 3.63) is 0 Å². The molecule has 1 N–H and O–H groups in total. The molecule has 0 bridgehead atoms. The van der Waals surface area contributed by atoms with Crippen LogP contribution in [-0.2, 0) is 33.3 Å². The second kappa shape index (κ2) is 11.1. The van der Waals surface area contributed by atoms with E-state index >= 15 is 0 Å². The Balaban J connectivity index is 0.974. The van der Waals surface area contributed by atoms with Gasteiger partial charge in [-0.2, -0.15) is 0 Å². The van der Waals surface area contributed by atoms with Gasteiger partial charge in [0.15, 0.2) is 12.4 Å². The number of morpholine rings is 1. The molecule has 0 aromatic heterocycles. The normalized spacial score (nSPS) is 48.4. The highest BCUT2D eigenvalue weighted by atomic mass is 16.7. The molecule has 5 aliphatic carbocycles. The van der Waals surface area contributed by atoms with Gasteiger partial charge in [0.25, 0.3) is 0 Å². The Kier molecular flexibility index (Phi) is 7.90. The lowest BCUT2D eigenvalue weighted by Gasteiger charge is -2.63. The summed E-state index contributed by atoms with van der Waals surface area (Å²) in [6.45, 7) is 19.7. The van der Waals surface area contributed by atoms with Crippen LogP contribution in [0.3, 0.4) is 0 Å². The van der Waals surface area contributed by atoms with Crippen molar-refractivity contribution in [1.82, 2.24) is 4.90 Å². The van der Waals surface area contributed by atoms with Crippen LogP contribution < -0.4 is 0 Å². The molecule has 1 amide bonds. The molecule has 8 rings (SSSR count). The fourth-order valence-electron chi connectivity index (χ4n) is 14.1. The summed E-state index contributed by atoms with van der Waals surface area (Å²) in [5.41, 5.74) is -0.335. The van der Waals surface area contributed by atoms with E-state index in [1.807, 2.05) is 11.8 Å². The molecule has 3 heterocycles. The number of ether oxygens (including phenoxy) is 5. The van der Waals surface area contributed by atoms with Gasteiger partial charge in [0.05, 0.1) is 55.7 Å². The molecular weight excluding hydrogens is 622 g/mol. The van der Waals surface area contributed by atoms with E-state index in [0.717, 1.165) is 25.7 Å². The largest absolute Gasteiger partial charge is 0.457 e. The van der Waals surface area contributed by atoms with Gasteiger partial charge in [0.1, 0.15) is 0 Å². The van der Waals surface area contributed by atoms with Crippen LogP contribution in [0.25, 0.3) is 0 Å². The molecule has 5 saturated carbocycles. The van der Waals surface area contributed by atoms with Crippen molar-refractivity contribution >= 4 is 11.9 Å². The first-order chi connectivity index (χ1) is 22.9. The quantitative estimate of drug-likeness (QED) is 0.346. The van der Waals surface area contributed by atoms with Crippen LogP contribution in [0.1, 0.15) is 120 Å². The lowest BCUT2D eigenvalue weighted by Crippen LogP contribution is -2.59. The monoisotopic (exact) mass is 685 g/mol. The molecule has 2 spiro atoms. The second-order valence-electron chi connectivity index (χ2n) is 19.9. The Morgan fingerprint density at radius 2 is 1.63 bits per heavy atom. The van der Waals surface area contributed by atoms with Gasteiger partial charge in [-0.3, -0.25) is 9.59 Å². The van der Waals surface area contributed by atoms with Crippen molar-refractivity contribution in [3.63, 3.8) is 0 Å². The summed E-state index contributed by atoms with van der Waals surface area (Å²) < 4.78 is 31.0. The number of hydrogen-bond donors (Lipinski definition) is 1. The van der Waals surface area contributed by atoms with Crippen LogP contribution in [0.15, 0.2) is 0 Å². The highest BCUT2D eigenvalue weighted by Crippen LogP contribution is 2.89. The first kappa shape index (κ1) is 34.8. The minimum atomic E-state index is -1.16. The summed E-state index contributed by atoms with van der Waals surface area (Å²) >= 11 is 0. The number of esters is 1. The molecule has 0 aromatic carbocycles. The van der Waals surface area contributed by atoms with Crippen molar-refractivity contribution < 1.29 is 38.4 Å². The first-order valence-corrected chi connectivity index (χ1v) is 19.6. The van der Waals surface area contributed by atoms with Gasteiger partial charge < -0.3 is 33.7 Å². The van der Waals surface area contributed by atoms with Crippen LogP contribution in [0.2, 0.25) is 0 Å². The summed E-state index contributed by atoms with van der Waals surface area (Å²) in [6, 6.07) is 0. The summed E-state index contributed by atoms with van der Waals surface area (Å²) in [4.78, 5) is 27.2. The molecule has 12 atom stereocenters. The Morgan fingerprint density at radius 3 is 2.31 bits per heavy atom. The minimum Gasteiger partial charge on any atom is -0.457 e. The van der Waals surface area contributed by atoms with E-state index in [9.17, 15) is 14.7 Å². The highest BCUT2D eigenvalue weighted by molar-refractivity contribution is 5.83. The maximum absolute atomic E-state index is 13.3. The van der Waals surface area contributed by atoms with Crippen LogP contribution >= 0.6 is 0 Å². The van der Waals surface area contributed by atoms with Gasteiger partial charge in [-0.1, -0.05) is 27.7 Å². The fourth-order valence-corrected chi connectivity index (χ4v) is 14.1. The van der Waals surface area contributed by atoms with E-state index in [0.29, 0.717) is 61.5 Å². The zero-order chi connectivity index (χ0) is 35.0. The van der Waals surface area contributed by atoms with Gasteiger partial charge >= 0.3 is 5.97 Å². The number of carbonyl (C=O) groups is 2. The van der Waals surface area contributed by atoms with E-state index in [-0.39, 0.29) is 52.7 Å². The fraction of sp³-hybridized carbons (Fsp3) is 0.950. The van der Waals surface area contributed by atoms with Crippen LogP contribution in [-0.4, -0.2) is 91.1 Å². The average Bonchev–Trinajstić information content (AvgIpc) is 3.62. The number of rotatable bonds is 6. The van der Waals surface area contributed by atoms with Crippen LogP contribution in [0.4, 0.5) is 0 Å². The van der Waals surface area contributed by atoms with Gasteiger partial charge in [0, 0.05) is 13.5 Å². The Morgan fingerprint density at radius 1 is 0.918 bits per heavy atom. The topological polar surface area (TPSA) is 104 Å². The van der Waals surface area contributed by atoms with E-state index in [1.165, 1.54) is 45.4 Å². The maximum atomic E-state index is 13.3. The predicted octanol–water partition coefficient (Wildman–Crippen LogP) is 5.89. The molecule has 3 saturated heterocycles. The standard InChI is InChI=1S/C40H63NO8/c1-24(42)47-32(35(4,5)44)26-10-9-25-27(48-26)19-38(8)29-12-11-28-34(2,3)30(13-14-39(28)21-40(29,39)16-15-37(25,38)7)49-31-20-41(17-18-46-31)33(43)36(6)22-45-23-36/h25-32,44H,9-23H2,1-8H3/t25-,26?,27?,28-,29?,30-,31?,32-,37+,38-,39+,40-/m0/s1. The van der Waals surface area contributed by atoms with Crippen LogP contribution in [0, 0.1) is 50.2 Å². The molecule has 49 heavy (non-hydrogen) atoms. The number of carbonyl (C=O) groups excluding carboxylic acids is 2. The summed E-state index contributed by atoms with van der Waals surface area (Å²) in [5.74, 6) is 1.61. The maximum Gasteiger partial charge on any atom is 0.303 e. The van der Waals surface area contributed by atoms with Gasteiger partial charge in [0.2, 0.25) is 5.91 Å². The zero-order valence-electron chi connectivity index (χ0n) is 31.5. The summed E-state index contributed by atoms with van der Waals surface area (Å²) in [7, 11) is 0. The second-order valence-corrected chi connectivity index (χ2v) is 19.9. The van der Waals surface area contributed by atoms with E-state index < -0.39 is 17.1 Å². The SMILES string of the molecule is CC(=O)O[C@@H](C1CC[C@H]2C(C[C@@]3(C)C4CC[C@H]5C(C)(C)[C@@H](OC6CN(C(=O)C7(C)COC7)CCO6)CC[C@@]56C[C@@]46CC[C@]23C)O1)C(C)(C)O. The average molecular weight is 686 g/mol. The van der Waals surface area contributed by atoms with E-state index in [2.05, 4.69) is 27.7 Å². The Bertz CT molecular complexity index is 1360. The van der Waals surface area contributed by atoms with E-state index in [1.54, 1.807) is 13.8 Å². The summed E-state index contributed by atoms with van der Waals surface area (Å²) in [5, 5.41) is 11.0. The number of hydrogen-bond acceptors (Lipinski definition) is 8. The summed E-state index contributed by atoms with van der Waals surface area (Å²) in [6.07, 6.45) is 10.6. The highest BCUT2D eigenvalue weighted by Gasteiger charge is 2.83.